The summed E-state index contributed by atoms with van der Waals surface area (Å²) in [6, 6.07) is 10.8. The van der Waals surface area contributed by atoms with Crippen molar-refractivity contribution in [2.24, 2.45) is 16.7 Å². The largest absolute Gasteiger partial charge is 0.383 e. The molecule has 5 aliphatic rings. The third-order valence-electron chi connectivity index (χ3n) is 8.97. The summed E-state index contributed by atoms with van der Waals surface area (Å²) in [5, 5.41) is 12.4. The lowest BCUT2D eigenvalue weighted by atomic mass is 9.45. The topological polar surface area (TPSA) is 23.5 Å². The molecule has 0 radical (unpaired) electrons. The van der Waals surface area contributed by atoms with E-state index in [0.29, 0.717) is 16.7 Å². The van der Waals surface area contributed by atoms with Crippen LogP contribution in [0.3, 0.4) is 0 Å². The Labute approximate surface area is 138 Å². The molecule has 0 bridgehead atoms. The molecular weight excluding hydrogens is 282 g/mol. The van der Waals surface area contributed by atoms with Crippen LogP contribution in [0.1, 0.15) is 56.9 Å². The maximum Gasteiger partial charge on any atom is 0.111 e. The van der Waals surface area contributed by atoms with Crippen LogP contribution in [0, 0.1) is 16.7 Å². The van der Waals surface area contributed by atoms with Crippen LogP contribution in [0.15, 0.2) is 30.3 Å². The molecule has 3 saturated carbocycles. The van der Waals surface area contributed by atoms with Gasteiger partial charge in [0.15, 0.2) is 0 Å². The van der Waals surface area contributed by atoms with Gasteiger partial charge in [0, 0.05) is 5.92 Å². The van der Waals surface area contributed by atoms with Crippen LogP contribution in [0.4, 0.5) is 0 Å². The van der Waals surface area contributed by atoms with Gasteiger partial charge in [0.25, 0.3) is 0 Å². The van der Waals surface area contributed by atoms with Crippen LogP contribution in [-0.2, 0) is 5.60 Å². The number of aliphatic hydroxyl groups is 1. The molecule has 6 rings (SSSR count). The van der Waals surface area contributed by atoms with E-state index in [1.54, 1.807) is 0 Å². The molecule has 0 aromatic heterocycles. The van der Waals surface area contributed by atoms with Gasteiger partial charge < -0.3 is 5.11 Å². The first-order valence-corrected chi connectivity index (χ1v) is 9.70. The number of fused-ring (bicyclic) bond motifs is 1. The molecule has 0 amide bonds. The first-order valence-electron chi connectivity index (χ1n) is 9.70. The van der Waals surface area contributed by atoms with E-state index in [0.717, 1.165) is 0 Å². The van der Waals surface area contributed by atoms with Crippen molar-refractivity contribution in [1.82, 2.24) is 4.90 Å². The van der Waals surface area contributed by atoms with Gasteiger partial charge in [-0.05, 0) is 80.8 Å². The smallest absolute Gasteiger partial charge is 0.111 e. The van der Waals surface area contributed by atoms with Crippen molar-refractivity contribution in [3.8, 4) is 0 Å². The second-order valence-corrected chi connectivity index (χ2v) is 9.23. The van der Waals surface area contributed by atoms with Gasteiger partial charge in [0.1, 0.15) is 5.60 Å². The molecule has 1 aromatic carbocycles. The zero-order chi connectivity index (χ0) is 15.3. The molecule has 122 valence electrons. The lowest BCUT2D eigenvalue weighted by molar-refractivity contribution is -0.212. The van der Waals surface area contributed by atoms with Crippen LogP contribution in [0.5, 0.6) is 0 Å². The predicted octanol–water partition coefficient (Wildman–Crippen LogP) is 3.69. The second-order valence-electron chi connectivity index (χ2n) is 9.23. The molecule has 2 heterocycles. The van der Waals surface area contributed by atoms with Crippen LogP contribution in [0.2, 0.25) is 0 Å². The highest BCUT2D eigenvalue weighted by atomic mass is 16.3. The fourth-order valence-corrected chi connectivity index (χ4v) is 7.80. The minimum absolute atomic E-state index is 0.0259. The van der Waals surface area contributed by atoms with E-state index in [-0.39, 0.29) is 5.54 Å². The van der Waals surface area contributed by atoms with Gasteiger partial charge in [0.2, 0.25) is 0 Å². The highest BCUT2D eigenvalue weighted by Gasteiger charge is 2.88. The third kappa shape index (κ3) is 1.24. The Bertz CT molecular complexity index is 662. The van der Waals surface area contributed by atoms with E-state index in [1.807, 2.05) is 0 Å². The second kappa shape index (κ2) is 3.86. The summed E-state index contributed by atoms with van der Waals surface area (Å²) in [6.07, 6.45) is 10.4. The molecule has 2 unspecified atom stereocenters. The highest BCUT2D eigenvalue weighted by Crippen LogP contribution is 2.93. The van der Waals surface area contributed by atoms with Gasteiger partial charge in [-0.3, -0.25) is 4.90 Å². The number of hydrogen-bond acceptors (Lipinski definition) is 2. The van der Waals surface area contributed by atoms with Crippen molar-refractivity contribution < 1.29 is 5.11 Å². The zero-order valence-electron chi connectivity index (χ0n) is 13.9. The summed E-state index contributed by atoms with van der Waals surface area (Å²) in [6.45, 7) is 2.39. The van der Waals surface area contributed by atoms with Gasteiger partial charge in [-0.15, -0.1) is 0 Å². The van der Waals surface area contributed by atoms with Crippen LogP contribution >= 0.6 is 0 Å². The van der Waals surface area contributed by atoms with Crippen LogP contribution in [0.25, 0.3) is 0 Å². The summed E-state index contributed by atoms with van der Waals surface area (Å²) in [4.78, 5) is 2.66. The van der Waals surface area contributed by atoms with E-state index in [4.69, 9.17) is 0 Å². The lowest BCUT2D eigenvalue weighted by Gasteiger charge is -2.63. The molecule has 5 fully saturated rings. The summed E-state index contributed by atoms with van der Waals surface area (Å²) in [7, 11) is 0. The molecule has 1 N–H and O–H groups in total. The van der Waals surface area contributed by atoms with Gasteiger partial charge in [-0.25, -0.2) is 0 Å². The van der Waals surface area contributed by atoms with Gasteiger partial charge in [-0.1, -0.05) is 30.3 Å². The number of benzene rings is 1. The van der Waals surface area contributed by atoms with Crippen molar-refractivity contribution in [1.29, 1.82) is 0 Å². The molecule has 2 nitrogen and oxygen atoms in total. The quantitative estimate of drug-likeness (QED) is 0.920. The van der Waals surface area contributed by atoms with Crippen LogP contribution < -0.4 is 0 Å². The maximum absolute atomic E-state index is 12.4. The summed E-state index contributed by atoms with van der Waals surface area (Å²) < 4.78 is 0. The van der Waals surface area contributed by atoms with Gasteiger partial charge >= 0.3 is 0 Å². The van der Waals surface area contributed by atoms with Crippen molar-refractivity contribution in [3.63, 3.8) is 0 Å². The van der Waals surface area contributed by atoms with E-state index in [2.05, 4.69) is 35.2 Å². The van der Waals surface area contributed by atoms with Gasteiger partial charge in [-0.2, -0.15) is 0 Å². The third-order valence-corrected chi connectivity index (χ3v) is 8.97. The van der Waals surface area contributed by atoms with Crippen molar-refractivity contribution in [2.45, 2.75) is 62.5 Å². The van der Waals surface area contributed by atoms with E-state index in [1.165, 1.54) is 70.0 Å². The highest BCUT2D eigenvalue weighted by molar-refractivity contribution is 5.42. The Balaban J connectivity index is 1.52. The minimum Gasteiger partial charge on any atom is -0.383 e. The monoisotopic (exact) mass is 309 g/mol. The summed E-state index contributed by atoms with van der Waals surface area (Å²) in [5.41, 5.74) is 1.82. The number of rotatable bonds is 3. The molecular formula is C21H27NO. The Kier molecular flexibility index (Phi) is 2.25. The first-order chi connectivity index (χ1) is 11.2. The standard InChI is InChI=1S/C21H27NO/c23-21(16-6-2-1-3-7-16,17-14-18-10-11-19(17,18)15-18)20-8-4-12-22(20)13-5-9-20/h1-3,6-7,17,23H,4-5,8-15H2/t17-,18?,19?,21-/m0/s1. The molecule has 23 heavy (non-hydrogen) atoms. The van der Waals surface area contributed by atoms with E-state index < -0.39 is 5.60 Å². The zero-order valence-corrected chi connectivity index (χ0v) is 13.9. The molecule has 2 aliphatic heterocycles. The fourth-order valence-electron chi connectivity index (χ4n) is 7.80. The molecule has 3 aliphatic carbocycles. The average Bonchev–Trinajstić information content (AvgIpc) is 3.11. The Hall–Kier alpha value is -0.860. The fraction of sp³-hybridized carbons (Fsp3) is 0.714. The SMILES string of the molecule is O[C@@](c1ccccc1)([C@H]1CC23CCC12C3)C12CCCN1CCC2. The van der Waals surface area contributed by atoms with E-state index >= 15 is 0 Å². The first kappa shape index (κ1) is 13.4. The predicted molar refractivity (Wildman–Crippen MR) is 89.9 cm³/mol. The molecule has 2 heteroatoms. The Morgan fingerprint density at radius 3 is 2.26 bits per heavy atom. The Morgan fingerprint density at radius 1 is 1.00 bits per heavy atom. The summed E-state index contributed by atoms with van der Waals surface area (Å²) in [5.74, 6) is 0.504. The summed E-state index contributed by atoms with van der Waals surface area (Å²) >= 11 is 0. The normalized spacial score (nSPS) is 45.2. The molecule has 1 aromatic rings. The molecule has 0 spiro atoms. The van der Waals surface area contributed by atoms with Gasteiger partial charge in [0.05, 0.1) is 5.54 Å². The lowest BCUT2D eigenvalue weighted by Crippen LogP contribution is -2.66. The average molecular weight is 309 g/mol. The number of hydrogen-bond donors (Lipinski definition) is 1. The molecule has 4 atom stereocenters. The van der Waals surface area contributed by atoms with Crippen LogP contribution in [-0.4, -0.2) is 28.6 Å². The van der Waals surface area contributed by atoms with Crippen molar-refractivity contribution in [2.75, 3.05) is 13.1 Å². The Morgan fingerprint density at radius 2 is 1.74 bits per heavy atom. The van der Waals surface area contributed by atoms with Crippen molar-refractivity contribution in [3.05, 3.63) is 35.9 Å². The molecule has 2 saturated heterocycles. The number of nitrogens with zero attached hydrogens (tertiary/aromatic N) is 1. The maximum atomic E-state index is 12.4. The van der Waals surface area contributed by atoms with E-state index in [9.17, 15) is 5.11 Å². The minimum atomic E-state index is -0.623. The van der Waals surface area contributed by atoms with Crippen molar-refractivity contribution >= 4 is 0 Å².